The molecule has 0 saturated heterocycles. The number of pyridine rings is 3. The van der Waals surface area contributed by atoms with Gasteiger partial charge in [0, 0.05) is 41.4 Å². The van der Waals surface area contributed by atoms with Crippen molar-refractivity contribution in [2.24, 2.45) is 0 Å². The molecule has 0 atom stereocenters. The first-order chi connectivity index (χ1) is 22.0. The number of benzene rings is 3. The van der Waals surface area contributed by atoms with Gasteiger partial charge in [0.25, 0.3) is 0 Å². The van der Waals surface area contributed by atoms with Crippen molar-refractivity contribution in [3.05, 3.63) is 133 Å². The third-order valence-corrected chi connectivity index (χ3v) is 11.4. The Labute approximate surface area is 277 Å². The largest absolute Gasteiger partial charge is 0 e. The molecular formula is C37H30FGeIrN3O-2. The predicted molar refractivity (Wildman–Crippen MR) is 175 cm³/mol. The molecule has 4 nitrogen and oxygen atoms in total. The zero-order chi connectivity index (χ0) is 32.5. The molecule has 0 amide bonds. The van der Waals surface area contributed by atoms with Crippen LogP contribution in [0.4, 0.5) is 4.39 Å². The maximum atomic E-state index is 13.5. The quantitative estimate of drug-likeness (QED) is 0.101. The summed E-state index contributed by atoms with van der Waals surface area (Å²) in [5.74, 6) is 6.50. The van der Waals surface area contributed by atoms with Crippen molar-refractivity contribution in [3.63, 3.8) is 0 Å². The van der Waals surface area contributed by atoms with Gasteiger partial charge in [-0.1, -0.05) is 47.3 Å². The van der Waals surface area contributed by atoms with E-state index in [1.807, 2.05) is 60.8 Å². The van der Waals surface area contributed by atoms with Crippen LogP contribution in [0, 0.1) is 24.9 Å². The molecular weight excluding hydrogens is 786 g/mol. The van der Waals surface area contributed by atoms with Crippen LogP contribution >= 0.6 is 0 Å². The maximum Gasteiger partial charge on any atom is 0 e. The van der Waals surface area contributed by atoms with Crippen LogP contribution < -0.4 is 4.40 Å². The van der Waals surface area contributed by atoms with Gasteiger partial charge in [0.15, 0.2) is 0 Å². The molecule has 0 aliphatic rings. The number of rotatable bonds is 4. The standard InChI is InChI=1S/C23H14FN2O.C14H16GeN.Ir/c1-14-12-20(25-13-19(14)15-6-3-2-4-7-15)18-9-5-8-16-17-10-11-21(24)26-23(17)27-22(16)18;1-15(2,3)13-9-10-14(16-11-13)12-7-5-4-6-8-12;/h2-8,10-13H,1H3;4-7,9-11H,1-3H3;/q2*-1;/i1D3;;. The van der Waals surface area contributed by atoms with E-state index in [9.17, 15) is 4.39 Å². The third-order valence-electron chi connectivity index (χ3n) is 7.12. The third kappa shape index (κ3) is 6.73. The van der Waals surface area contributed by atoms with E-state index in [1.54, 1.807) is 30.5 Å². The fraction of sp³-hybridized carbons (Fsp3) is 0.108. The molecule has 0 unspecified atom stereocenters. The summed E-state index contributed by atoms with van der Waals surface area (Å²) < 4.78 is 44.8. The summed E-state index contributed by atoms with van der Waals surface area (Å²) in [6.45, 7) is -2.34. The first-order valence-corrected chi connectivity index (χ1v) is 21.2. The number of halogens is 1. The van der Waals surface area contributed by atoms with Gasteiger partial charge in [-0.2, -0.15) is 9.37 Å². The summed E-state index contributed by atoms with van der Waals surface area (Å²) in [5, 5.41) is 1.40. The zero-order valence-electron chi connectivity index (χ0n) is 27.4. The van der Waals surface area contributed by atoms with Crippen molar-refractivity contribution in [1.82, 2.24) is 15.0 Å². The number of hydrogen-bond acceptors (Lipinski definition) is 4. The van der Waals surface area contributed by atoms with Gasteiger partial charge in [0.1, 0.15) is 0 Å². The average molecular weight is 820 g/mol. The normalized spacial score (nSPS) is 12.4. The van der Waals surface area contributed by atoms with Crippen molar-refractivity contribution in [1.29, 1.82) is 0 Å². The van der Waals surface area contributed by atoms with E-state index in [4.69, 9.17) is 8.53 Å². The van der Waals surface area contributed by atoms with Crippen LogP contribution in [0.1, 0.15) is 9.68 Å². The van der Waals surface area contributed by atoms with Crippen LogP contribution in [-0.2, 0) is 20.1 Å². The fourth-order valence-electron chi connectivity index (χ4n) is 4.78. The van der Waals surface area contributed by atoms with Gasteiger partial charge in [-0.25, -0.2) is 0 Å². The minimum atomic E-state index is -2.34. The molecule has 4 heterocycles. The summed E-state index contributed by atoms with van der Waals surface area (Å²) in [6.07, 6.45) is 3.59. The number of furan rings is 1. The summed E-state index contributed by atoms with van der Waals surface area (Å²) >= 11 is -1.72. The molecule has 221 valence electrons. The topological polar surface area (TPSA) is 51.8 Å². The minimum absolute atomic E-state index is 0. The van der Waals surface area contributed by atoms with Crippen LogP contribution in [0.2, 0.25) is 17.3 Å². The van der Waals surface area contributed by atoms with Crippen molar-refractivity contribution in [2.45, 2.75) is 24.1 Å². The van der Waals surface area contributed by atoms with Gasteiger partial charge in [-0.05, 0) is 35.8 Å². The van der Waals surface area contributed by atoms with Crippen LogP contribution in [0.25, 0.3) is 55.7 Å². The second-order valence-electron chi connectivity index (χ2n) is 11.1. The first kappa shape index (κ1) is 27.6. The van der Waals surface area contributed by atoms with Crippen molar-refractivity contribution < 1.29 is 33.0 Å². The Hall–Kier alpha value is -3.97. The van der Waals surface area contributed by atoms with E-state index in [-0.39, 0.29) is 31.4 Å². The van der Waals surface area contributed by atoms with Gasteiger partial charge in [0.05, 0.1) is 5.58 Å². The van der Waals surface area contributed by atoms with E-state index in [0.717, 1.165) is 22.2 Å². The molecule has 4 aromatic heterocycles. The van der Waals surface area contributed by atoms with Crippen LogP contribution in [-0.4, -0.2) is 28.2 Å². The summed E-state index contributed by atoms with van der Waals surface area (Å²) in [7, 11) is 0. The fourth-order valence-corrected chi connectivity index (χ4v) is 6.95. The number of aryl methyl sites for hydroxylation is 1. The van der Waals surface area contributed by atoms with Gasteiger partial charge in [-0.3, -0.25) is 0 Å². The van der Waals surface area contributed by atoms with Gasteiger partial charge >= 0.3 is 99.8 Å². The first-order valence-electron chi connectivity index (χ1n) is 15.4. The van der Waals surface area contributed by atoms with Gasteiger partial charge in [-0.15, -0.1) is 18.2 Å². The Morgan fingerprint density at radius 2 is 1.59 bits per heavy atom. The molecule has 0 saturated carbocycles. The van der Waals surface area contributed by atoms with Crippen LogP contribution in [0.5, 0.6) is 0 Å². The molecule has 3 aromatic carbocycles. The number of hydrogen-bond donors (Lipinski definition) is 0. The second kappa shape index (κ2) is 13.3. The Bertz CT molecular complexity index is 2130. The second-order valence-corrected chi connectivity index (χ2v) is 21.8. The molecule has 0 spiro atoms. The average Bonchev–Trinajstić information content (AvgIpc) is 3.43. The van der Waals surface area contributed by atoms with Crippen molar-refractivity contribution in [2.75, 3.05) is 0 Å². The van der Waals surface area contributed by atoms with Crippen LogP contribution in [0.15, 0.2) is 114 Å². The monoisotopic (exact) mass is 821 g/mol. The SMILES string of the molecule is [2H]C([2H])([2H])c1cc(-c2[c-]ccc3c2oc2nc(F)ccc23)ncc1-c1ccccc1.[CH3][Ge]([CH3])([CH3])[c]1ccc(-c2[c-]cccc2)nc1.[Ir]. The predicted octanol–water partition coefficient (Wildman–Crippen LogP) is 9.05. The van der Waals surface area contributed by atoms with Gasteiger partial charge < -0.3 is 9.40 Å². The van der Waals surface area contributed by atoms with E-state index in [2.05, 4.69) is 56.5 Å². The Morgan fingerprint density at radius 3 is 2.30 bits per heavy atom. The van der Waals surface area contributed by atoms with E-state index in [0.29, 0.717) is 27.8 Å². The molecule has 1 radical (unpaired) electrons. The smallest absolute Gasteiger partial charge is 0 e. The van der Waals surface area contributed by atoms with Crippen molar-refractivity contribution >= 4 is 39.7 Å². The molecule has 7 rings (SSSR count). The summed E-state index contributed by atoms with van der Waals surface area (Å²) in [4.78, 5) is 12.8. The molecule has 0 fully saturated rings. The zero-order valence-corrected chi connectivity index (χ0v) is 28.8. The molecule has 0 N–H and O–H groups in total. The van der Waals surface area contributed by atoms with E-state index < -0.39 is 26.1 Å². The van der Waals surface area contributed by atoms with Crippen LogP contribution in [0.3, 0.4) is 0 Å². The maximum absolute atomic E-state index is 13.5. The summed E-state index contributed by atoms with van der Waals surface area (Å²) in [5.41, 5.74) is 5.08. The number of fused-ring (bicyclic) bond motifs is 3. The molecule has 44 heavy (non-hydrogen) atoms. The van der Waals surface area contributed by atoms with E-state index >= 15 is 0 Å². The number of nitrogens with zero attached hydrogens (tertiary/aromatic N) is 3. The van der Waals surface area contributed by atoms with E-state index in [1.165, 1.54) is 10.5 Å². The minimum Gasteiger partial charge on any atom is 0 e. The Balaban J connectivity index is 0.000000217. The van der Waals surface area contributed by atoms with Crippen molar-refractivity contribution in [3.8, 4) is 33.6 Å². The molecule has 0 aliphatic heterocycles. The number of aromatic nitrogens is 3. The molecule has 7 aromatic rings. The molecule has 0 bridgehead atoms. The van der Waals surface area contributed by atoms with Gasteiger partial charge in [0.2, 0.25) is 11.7 Å². The summed E-state index contributed by atoms with van der Waals surface area (Å²) in [6, 6.07) is 35.7. The molecule has 7 heteroatoms. The Kier molecular flexibility index (Phi) is 8.37. The molecule has 0 aliphatic carbocycles. The Morgan fingerprint density at radius 1 is 0.795 bits per heavy atom.